The summed E-state index contributed by atoms with van der Waals surface area (Å²) in [6.45, 7) is 4.37. The lowest BCUT2D eigenvalue weighted by molar-refractivity contribution is -0.122. The van der Waals surface area contributed by atoms with Gasteiger partial charge < -0.3 is 4.90 Å². The van der Waals surface area contributed by atoms with Crippen LogP contribution in [0, 0.1) is 6.92 Å². The maximum atomic E-state index is 13.0. The molecule has 2 aliphatic heterocycles. The highest BCUT2D eigenvalue weighted by atomic mass is 35.5. The number of nitrogens with zero attached hydrogens (tertiary/aromatic N) is 5. The van der Waals surface area contributed by atoms with Crippen molar-refractivity contribution in [1.82, 2.24) is 15.1 Å². The number of rotatable bonds is 2. The third-order valence-corrected chi connectivity index (χ3v) is 7.27. The summed E-state index contributed by atoms with van der Waals surface area (Å²) in [5.41, 5.74) is 1.01. The smallest absolute Gasteiger partial charge is 0.269 e. The Morgan fingerprint density at radius 3 is 2.77 bits per heavy atom. The third-order valence-electron chi connectivity index (χ3n) is 3.87. The Hall–Kier alpha value is -1.55. The number of thioether (sulfide) groups is 2. The molecule has 1 amide bonds. The molecule has 1 aromatic heterocycles. The predicted molar refractivity (Wildman–Crippen MR) is 109 cm³/mol. The second kappa shape index (κ2) is 6.88. The van der Waals surface area contributed by atoms with Crippen LogP contribution in [0.2, 0.25) is 5.02 Å². The fraction of sp³-hybridized carbons (Fsp3) is 0.250. The maximum Gasteiger partial charge on any atom is 0.269 e. The molecule has 1 saturated heterocycles. The predicted octanol–water partition coefficient (Wildman–Crippen LogP) is 4.49. The molecular weight excluding hydrogens is 410 g/mol. The minimum Gasteiger partial charge on any atom is -0.337 e. The number of likely N-dealkylation sites (N-methyl/N-ethyl adjacent to an activating group) is 1. The van der Waals surface area contributed by atoms with Crippen LogP contribution in [0.1, 0.15) is 11.9 Å². The van der Waals surface area contributed by atoms with E-state index < -0.39 is 0 Å². The van der Waals surface area contributed by atoms with Crippen molar-refractivity contribution in [2.75, 3.05) is 18.5 Å². The Morgan fingerprint density at radius 2 is 2.08 bits per heavy atom. The molecular formula is C16H14ClN5OS3. The van der Waals surface area contributed by atoms with Crippen LogP contribution in [0.15, 0.2) is 38.0 Å². The molecule has 1 aromatic carbocycles. The minimum atomic E-state index is -0.0364. The molecule has 3 heterocycles. The van der Waals surface area contributed by atoms with Crippen LogP contribution in [0.3, 0.4) is 0 Å². The second-order valence-electron chi connectivity index (χ2n) is 5.56. The molecule has 0 saturated carbocycles. The van der Waals surface area contributed by atoms with E-state index in [4.69, 9.17) is 11.6 Å². The highest BCUT2D eigenvalue weighted by molar-refractivity contribution is 8.19. The monoisotopic (exact) mass is 423 g/mol. The Kier molecular flexibility index (Phi) is 4.72. The van der Waals surface area contributed by atoms with E-state index in [0.717, 1.165) is 20.6 Å². The molecule has 0 unspecified atom stereocenters. The topological polar surface area (TPSA) is 61.7 Å². The molecule has 2 aromatic rings. The number of amidine groups is 1. The largest absolute Gasteiger partial charge is 0.337 e. The molecule has 0 atom stereocenters. The number of hydrogen-bond acceptors (Lipinski definition) is 8. The summed E-state index contributed by atoms with van der Waals surface area (Å²) >= 11 is 10.5. The number of benzene rings is 1. The second-order valence-corrected chi connectivity index (χ2v) is 9.16. The molecule has 6 nitrogen and oxygen atoms in total. The number of aryl methyl sites for hydroxylation is 1. The van der Waals surface area contributed by atoms with Gasteiger partial charge >= 0.3 is 0 Å². The average molecular weight is 424 g/mol. The first-order chi connectivity index (χ1) is 12.5. The van der Waals surface area contributed by atoms with Crippen molar-refractivity contribution in [2.24, 2.45) is 4.99 Å². The third kappa shape index (κ3) is 3.02. The number of aromatic nitrogens is 2. The summed E-state index contributed by atoms with van der Waals surface area (Å²) < 4.78 is 0. The number of anilines is 1. The molecule has 1 fully saturated rings. The van der Waals surface area contributed by atoms with E-state index in [9.17, 15) is 4.79 Å². The van der Waals surface area contributed by atoms with E-state index >= 15 is 0 Å². The van der Waals surface area contributed by atoms with Gasteiger partial charge in [0, 0.05) is 23.5 Å². The van der Waals surface area contributed by atoms with Crippen molar-refractivity contribution in [2.45, 2.75) is 18.7 Å². The summed E-state index contributed by atoms with van der Waals surface area (Å²) in [6, 6.07) is 5.76. The van der Waals surface area contributed by atoms with Crippen LogP contribution in [0.5, 0.6) is 0 Å². The van der Waals surface area contributed by atoms with Gasteiger partial charge in [-0.1, -0.05) is 34.7 Å². The summed E-state index contributed by atoms with van der Waals surface area (Å²) in [4.78, 5) is 22.9. The van der Waals surface area contributed by atoms with Crippen molar-refractivity contribution >= 4 is 68.4 Å². The quantitative estimate of drug-likeness (QED) is 0.663. The van der Waals surface area contributed by atoms with Gasteiger partial charge in [0.05, 0.1) is 10.7 Å². The molecule has 0 radical (unpaired) electrons. The average Bonchev–Trinajstić information content (AvgIpc) is 3.25. The highest BCUT2D eigenvalue weighted by Crippen LogP contribution is 2.50. The summed E-state index contributed by atoms with van der Waals surface area (Å²) in [7, 11) is 1.95. The number of amides is 1. The molecule has 0 spiro atoms. The number of fused-ring (bicyclic) bond motifs is 1. The Bertz CT molecular complexity index is 971. The van der Waals surface area contributed by atoms with Gasteiger partial charge in [-0.05, 0) is 43.8 Å². The molecule has 2 aliphatic rings. The summed E-state index contributed by atoms with van der Waals surface area (Å²) in [5, 5.41) is 11.6. The molecule has 0 bridgehead atoms. The number of carbonyl (C=O) groups excluding carboxylic acids is 1. The molecule has 0 N–H and O–H groups in total. The van der Waals surface area contributed by atoms with Crippen molar-refractivity contribution in [3.05, 3.63) is 38.2 Å². The maximum absolute atomic E-state index is 13.0. The van der Waals surface area contributed by atoms with E-state index in [1.807, 2.05) is 44.0 Å². The normalized spacial score (nSPS) is 21.2. The van der Waals surface area contributed by atoms with E-state index in [-0.39, 0.29) is 5.91 Å². The lowest BCUT2D eigenvalue weighted by Gasteiger charge is -2.15. The van der Waals surface area contributed by atoms with Gasteiger partial charge in [-0.25, -0.2) is 0 Å². The van der Waals surface area contributed by atoms with Crippen LogP contribution in [0.25, 0.3) is 0 Å². The van der Waals surface area contributed by atoms with Crippen LogP contribution >= 0.6 is 46.5 Å². The summed E-state index contributed by atoms with van der Waals surface area (Å²) in [6.07, 6.45) is 0. The highest BCUT2D eigenvalue weighted by Gasteiger charge is 2.38. The first-order valence-electron chi connectivity index (χ1n) is 7.82. The zero-order valence-corrected chi connectivity index (χ0v) is 17.4. The van der Waals surface area contributed by atoms with Crippen LogP contribution in [-0.4, -0.2) is 39.8 Å². The lowest BCUT2D eigenvalue weighted by Crippen LogP contribution is -2.29. The molecule has 0 aliphatic carbocycles. The van der Waals surface area contributed by atoms with Crippen molar-refractivity contribution in [3.8, 4) is 0 Å². The lowest BCUT2D eigenvalue weighted by atomic mass is 10.3. The van der Waals surface area contributed by atoms with Gasteiger partial charge in [0.15, 0.2) is 5.17 Å². The van der Waals surface area contributed by atoms with Crippen molar-refractivity contribution in [1.29, 1.82) is 0 Å². The standard InChI is InChI=1S/C16H14ClN5OS3/c1-4-22-13(23)12(26-16(22)18-15-20-19-8(2)24-15)14-21(3)10-7-9(17)5-6-11(10)25-14/h5-7H,4H2,1-3H3/b14-12-,18-16-. The van der Waals surface area contributed by atoms with Gasteiger partial charge in [-0.3, -0.25) is 9.69 Å². The van der Waals surface area contributed by atoms with E-state index in [1.54, 1.807) is 16.7 Å². The van der Waals surface area contributed by atoms with Gasteiger partial charge in [0.25, 0.3) is 5.91 Å². The number of carbonyl (C=O) groups is 1. The SMILES string of the molecule is CCN1C(=O)/C(=C2/Sc3ccc(Cl)cc3N2C)S/C1=N\c1nnc(C)s1. The van der Waals surface area contributed by atoms with Gasteiger partial charge in [0.1, 0.15) is 9.91 Å². The minimum absolute atomic E-state index is 0.0364. The van der Waals surface area contributed by atoms with Crippen molar-refractivity contribution in [3.63, 3.8) is 0 Å². The van der Waals surface area contributed by atoms with Gasteiger partial charge in [-0.2, -0.15) is 4.99 Å². The number of halogens is 1. The molecule has 4 rings (SSSR count). The van der Waals surface area contributed by atoms with E-state index in [0.29, 0.717) is 26.8 Å². The number of aliphatic imine (C=N–C) groups is 1. The number of hydrogen-bond donors (Lipinski definition) is 0. The van der Waals surface area contributed by atoms with Crippen LogP contribution < -0.4 is 4.90 Å². The fourth-order valence-corrected chi connectivity index (χ4v) is 5.78. The fourth-order valence-electron chi connectivity index (χ4n) is 2.63. The Labute approximate surface area is 168 Å². The van der Waals surface area contributed by atoms with E-state index in [1.165, 1.54) is 23.1 Å². The van der Waals surface area contributed by atoms with Crippen LogP contribution in [-0.2, 0) is 4.79 Å². The first-order valence-corrected chi connectivity index (χ1v) is 10.6. The Balaban J connectivity index is 1.73. The Morgan fingerprint density at radius 1 is 1.27 bits per heavy atom. The molecule has 10 heteroatoms. The van der Waals surface area contributed by atoms with Crippen LogP contribution in [0.4, 0.5) is 10.8 Å². The zero-order valence-electron chi connectivity index (χ0n) is 14.2. The van der Waals surface area contributed by atoms with Crippen molar-refractivity contribution < 1.29 is 4.79 Å². The zero-order chi connectivity index (χ0) is 18.4. The molecule has 134 valence electrons. The first kappa shape index (κ1) is 17.8. The van der Waals surface area contributed by atoms with Gasteiger partial charge in [-0.15, -0.1) is 10.2 Å². The summed E-state index contributed by atoms with van der Waals surface area (Å²) in [5.74, 6) is -0.0364. The molecule has 26 heavy (non-hydrogen) atoms. The van der Waals surface area contributed by atoms with Gasteiger partial charge in [0.2, 0.25) is 5.13 Å². The van der Waals surface area contributed by atoms with E-state index in [2.05, 4.69) is 15.2 Å².